The van der Waals surface area contributed by atoms with Gasteiger partial charge in [0, 0.05) is 15.7 Å². The van der Waals surface area contributed by atoms with E-state index in [4.69, 9.17) is 4.74 Å². The topological polar surface area (TPSA) is 41.5 Å². The van der Waals surface area contributed by atoms with Crippen molar-refractivity contribution in [2.75, 3.05) is 12.4 Å². The normalized spacial score (nSPS) is 13.0. The van der Waals surface area contributed by atoms with E-state index in [1.54, 1.807) is 7.11 Å². The molecule has 2 unspecified atom stereocenters. The van der Waals surface area contributed by atoms with Gasteiger partial charge in [-0.3, -0.25) is 0 Å². The maximum Gasteiger partial charge on any atom is 0.118 e. The van der Waals surface area contributed by atoms with Crippen LogP contribution < -0.4 is 10.1 Å². The molecule has 0 amide bonds. The second-order valence-corrected chi connectivity index (χ2v) is 7.38. The molecule has 26 heavy (non-hydrogen) atoms. The fourth-order valence-electron chi connectivity index (χ4n) is 2.90. The summed E-state index contributed by atoms with van der Waals surface area (Å²) in [5.74, 6) is 0.824. The summed E-state index contributed by atoms with van der Waals surface area (Å²) in [5, 5.41) is 14.3. The molecule has 2 N–H and O–H groups in total. The van der Waals surface area contributed by atoms with Gasteiger partial charge in [-0.25, -0.2) is 0 Å². The van der Waals surface area contributed by atoms with Crippen molar-refractivity contribution in [1.82, 2.24) is 0 Å². The van der Waals surface area contributed by atoms with E-state index in [0.29, 0.717) is 6.42 Å². The number of hydrogen-bond donors (Lipinski definition) is 2. The van der Waals surface area contributed by atoms with Crippen molar-refractivity contribution in [3.05, 3.63) is 93.6 Å². The first-order valence-electron chi connectivity index (χ1n) is 8.55. The summed E-state index contributed by atoms with van der Waals surface area (Å²) >= 11 is 2.30. The van der Waals surface area contributed by atoms with Gasteiger partial charge in [-0.1, -0.05) is 42.5 Å². The molecule has 0 fully saturated rings. The number of nitrogens with one attached hydrogen (secondary N) is 1. The highest BCUT2D eigenvalue weighted by Gasteiger charge is 2.18. The van der Waals surface area contributed by atoms with Crippen LogP contribution in [0.25, 0.3) is 0 Å². The first-order valence-corrected chi connectivity index (χ1v) is 9.62. The lowest BCUT2D eigenvalue weighted by molar-refractivity contribution is 0.160. The Labute approximate surface area is 168 Å². The molecule has 0 spiro atoms. The average Bonchev–Trinajstić information content (AvgIpc) is 2.70. The molecule has 0 aromatic heterocycles. The van der Waals surface area contributed by atoms with Crippen molar-refractivity contribution >= 4 is 28.3 Å². The Morgan fingerprint density at radius 2 is 1.54 bits per heavy atom. The molecule has 3 aromatic rings. The minimum Gasteiger partial charge on any atom is -0.497 e. The summed E-state index contributed by atoms with van der Waals surface area (Å²) in [4.78, 5) is 0. The van der Waals surface area contributed by atoms with E-state index in [2.05, 4.69) is 52.2 Å². The third-order valence-corrected chi connectivity index (χ3v) is 5.07. The van der Waals surface area contributed by atoms with Crippen molar-refractivity contribution < 1.29 is 9.84 Å². The number of aliphatic hydroxyl groups is 1. The fraction of sp³-hybridized carbons (Fsp3) is 0.182. The SMILES string of the molecule is COc1ccc(C(CC(O)c2ccccc2)Nc2ccc(I)cc2)cc1. The Balaban J connectivity index is 1.83. The standard InChI is InChI=1S/C22H22INO2/c1-26-20-13-7-16(8-14-20)21(24-19-11-9-18(23)10-12-19)15-22(25)17-5-3-2-4-6-17/h2-14,21-22,24-25H,15H2,1H3. The van der Waals surface area contributed by atoms with Crippen molar-refractivity contribution in [2.24, 2.45) is 0 Å². The van der Waals surface area contributed by atoms with Crippen LogP contribution in [0.3, 0.4) is 0 Å². The number of methoxy groups -OCH3 is 1. The van der Waals surface area contributed by atoms with Crippen molar-refractivity contribution in [2.45, 2.75) is 18.6 Å². The van der Waals surface area contributed by atoms with Crippen LogP contribution in [-0.4, -0.2) is 12.2 Å². The molecular formula is C22H22INO2. The minimum atomic E-state index is -0.542. The van der Waals surface area contributed by atoms with Crippen LogP contribution in [-0.2, 0) is 0 Å². The monoisotopic (exact) mass is 459 g/mol. The van der Waals surface area contributed by atoms with Gasteiger partial charge in [-0.05, 0) is 70.1 Å². The van der Waals surface area contributed by atoms with Gasteiger partial charge in [0.15, 0.2) is 0 Å². The van der Waals surface area contributed by atoms with Gasteiger partial charge in [-0.2, -0.15) is 0 Å². The number of anilines is 1. The summed E-state index contributed by atoms with van der Waals surface area (Å²) in [6, 6.07) is 26.0. The minimum absolute atomic E-state index is 0.0174. The lowest BCUT2D eigenvalue weighted by Gasteiger charge is -2.24. The molecule has 0 aliphatic rings. The molecule has 0 aliphatic heterocycles. The predicted molar refractivity (Wildman–Crippen MR) is 115 cm³/mol. The molecule has 3 aromatic carbocycles. The summed E-state index contributed by atoms with van der Waals surface area (Å²) in [6.45, 7) is 0. The first-order chi connectivity index (χ1) is 12.7. The zero-order chi connectivity index (χ0) is 18.4. The molecule has 3 rings (SSSR count). The smallest absolute Gasteiger partial charge is 0.118 e. The Morgan fingerprint density at radius 3 is 2.15 bits per heavy atom. The molecule has 0 heterocycles. The highest BCUT2D eigenvalue weighted by atomic mass is 127. The lowest BCUT2D eigenvalue weighted by Crippen LogP contribution is -2.15. The van der Waals surface area contributed by atoms with E-state index in [1.807, 2.05) is 54.6 Å². The third kappa shape index (κ3) is 4.99. The molecule has 0 bridgehead atoms. The van der Waals surface area contributed by atoms with Gasteiger partial charge in [0.2, 0.25) is 0 Å². The Bertz CT molecular complexity index is 804. The number of hydrogen-bond acceptors (Lipinski definition) is 3. The molecule has 3 nitrogen and oxygen atoms in total. The van der Waals surface area contributed by atoms with Crippen molar-refractivity contribution in [3.63, 3.8) is 0 Å². The average molecular weight is 459 g/mol. The summed E-state index contributed by atoms with van der Waals surface area (Å²) < 4.78 is 6.45. The van der Waals surface area contributed by atoms with Gasteiger partial charge in [0.1, 0.15) is 5.75 Å². The molecule has 2 atom stereocenters. The molecule has 134 valence electrons. The van der Waals surface area contributed by atoms with Crippen LogP contribution in [0, 0.1) is 3.57 Å². The zero-order valence-electron chi connectivity index (χ0n) is 14.6. The van der Waals surface area contributed by atoms with E-state index >= 15 is 0 Å². The number of benzene rings is 3. The van der Waals surface area contributed by atoms with Gasteiger partial charge in [-0.15, -0.1) is 0 Å². The van der Waals surface area contributed by atoms with Crippen molar-refractivity contribution in [1.29, 1.82) is 0 Å². The first kappa shape index (κ1) is 18.7. The maximum atomic E-state index is 10.7. The lowest BCUT2D eigenvalue weighted by atomic mass is 9.96. The van der Waals surface area contributed by atoms with Crippen LogP contribution >= 0.6 is 22.6 Å². The predicted octanol–water partition coefficient (Wildman–Crippen LogP) is 5.58. The van der Waals surface area contributed by atoms with Crippen LogP contribution in [0.4, 0.5) is 5.69 Å². The van der Waals surface area contributed by atoms with E-state index in [0.717, 1.165) is 22.6 Å². The number of halogens is 1. The summed E-state index contributed by atoms with van der Waals surface area (Å²) in [6.07, 6.45) is 0.0298. The highest BCUT2D eigenvalue weighted by molar-refractivity contribution is 14.1. The molecule has 0 saturated heterocycles. The number of aliphatic hydroxyl groups excluding tert-OH is 1. The quantitative estimate of drug-likeness (QED) is 0.454. The largest absolute Gasteiger partial charge is 0.497 e. The van der Waals surface area contributed by atoms with Crippen LogP contribution in [0.1, 0.15) is 29.7 Å². The summed E-state index contributed by atoms with van der Waals surface area (Å²) in [7, 11) is 1.66. The van der Waals surface area contributed by atoms with Crippen LogP contribution in [0.15, 0.2) is 78.9 Å². The molecular weight excluding hydrogens is 437 g/mol. The van der Waals surface area contributed by atoms with Crippen molar-refractivity contribution in [3.8, 4) is 5.75 Å². The van der Waals surface area contributed by atoms with Gasteiger partial charge in [0.25, 0.3) is 0 Å². The Hall–Kier alpha value is -2.05. The molecule has 0 aliphatic carbocycles. The highest BCUT2D eigenvalue weighted by Crippen LogP contribution is 2.30. The van der Waals surface area contributed by atoms with Gasteiger partial charge in [0.05, 0.1) is 19.3 Å². The van der Waals surface area contributed by atoms with E-state index in [9.17, 15) is 5.11 Å². The second-order valence-electron chi connectivity index (χ2n) is 6.14. The Kier molecular flexibility index (Phi) is 6.52. The number of ether oxygens (including phenoxy) is 1. The third-order valence-electron chi connectivity index (χ3n) is 4.35. The second kappa shape index (κ2) is 9.05. The summed E-state index contributed by atoms with van der Waals surface area (Å²) in [5.41, 5.74) is 3.07. The van der Waals surface area contributed by atoms with Gasteiger partial charge < -0.3 is 15.2 Å². The van der Waals surface area contributed by atoms with Crippen LogP contribution in [0.5, 0.6) is 5.75 Å². The maximum absolute atomic E-state index is 10.7. The number of rotatable bonds is 7. The molecule has 0 radical (unpaired) electrons. The fourth-order valence-corrected chi connectivity index (χ4v) is 3.26. The molecule has 4 heteroatoms. The van der Waals surface area contributed by atoms with E-state index in [1.165, 1.54) is 3.57 Å². The van der Waals surface area contributed by atoms with Gasteiger partial charge >= 0.3 is 0 Å². The van der Waals surface area contributed by atoms with E-state index < -0.39 is 6.10 Å². The van der Waals surface area contributed by atoms with E-state index in [-0.39, 0.29) is 6.04 Å². The Morgan fingerprint density at radius 1 is 0.885 bits per heavy atom. The molecule has 0 saturated carbocycles. The zero-order valence-corrected chi connectivity index (χ0v) is 16.8. The van der Waals surface area contributed by atoms with Crippen LogP contribution in [0.2, 0.25) is 0 Å².